The van der Waals surface area contributed by atoms with Crippen molar-refractivity contribution < 1.29 is 14.3 Å². The van der Waals surface area contributed by atoms with Gasteiger partial charge in [-0.05, 0) is 20.0 Å². The van der Waals surface area contributed by atoms with E-state index >= 15 is 0 Å². The van der Waals surface area contributed by atoms with Gasteiger partial charge in [-0.25, -0.2) is 0 Å². The third-order valence-corrected chi connectivity index (χ3v) is 2.85. The Morgan fingerprint density at radius 3 is 2.39 bits per heavy atom. The van der Waals surface area contributed by atoms with Gasteiger partial charge in [0.15, 0.2) is 0 Å². The third kappa shape index (κ3) is 3.27. The Bertz CT molecular complexity index is 438. The molecule has 0 aliphatic carbocycles. The summed E-state index contributed by atoms with van der Waals surface area (Å²) in [5, 5.41) is 5.99. The predicted molar refractivity (Wildman–Crippen MR) is 71.7 cm³/mol. The molecule has 1 rings (SSSR count). The molecule has 0 spiro atoms. The minimum absolute atomic E-state index is 0.169. The van der Waals surface area contributed by atoms with Gasteiger partial charge in [-0.1, -0.05) is 11.6 Å². The fourth-order valence-electron chi connectivity index (χ4n) is 1.33. The minimum atomic E-state index is -0.310. The van der Waals surface area contributed by atoms with Crippen LogP contribution >= 0.6 is 11.6 Å². The monoisotopic (exact) mass is 272 g/mol. The normalized spacial score (nSPS) is 11.8. The predicted octanol–water partition coefficient (Wildman–Crippen LogP) is 1.90. The molecule has 5 nitrogen and oxygen atoms in total. The van der Waals surface area contributed by atoms with Crippen molar-refractivity contribution in [1.82, 2.24) is 5.32 Å². The van der Waals surface area contributed by atoms with Crippen LogP contribution in [0.5, 0.6) is 11.5 Å². The van der Waals surface area contributed by atoms with E-state index in [1.165, 1.54) is 14.2 Å². The molecule has 0 bridgehead atoms. The van der Waals surface area contributed by atoms with E-state index in [2.05, 4.69) is 10.6 Å². The molecule has 1 aromatic rings. The van der Waals surface area contributed by atoms with Crippen LogP contribution < -0.4 is 20.1 Å². The van der Waals surface area contributed by atoms with Crippen molar-refractivity contribution in [3.05, 3.63) is 17.2 Å². The van der Waals surface area contributed by atoms with Gasteiger partial charge in [0, 0.05) is 6.07 Å². The van der Waals surface area contributed by atoms with E-state index in [-0.39, 0.29) is 11.9 Å². The summed E-state index contributed by atoms with van der Waals surface area (Å²) < 4.78 is 10.3. The zero-order valence-electron chi connectivity index (χ0n) is 10.8. The molecule has 0 heterocycles. The maximum atomic E-state index is 11.8. The van der Waals surface area contributed by atoms with E-state index < -0.39 is 0 Å². The molecule has 0 aromatic heterocycles. The molecular formula is C12H17ClN2O3. The molecule has 1 unspecified atom stereocenters. The summed E-state index contributed by atoms with van der Waals surface area (Å²) in [7, 11) is 4.74. The maximum absolute atomic E-state index is 11.8. The molecule has 2 N–H and O–H groups in total. The van der Waals surface area contributed by atoms with E-state index in [0.29, 0.717) is 22.2 Å². The first-order valence-electron chi connectivity index (χ1n) is 5.43. The van der Waals surface area contributed by atoms with Crippen molar-refractivity contribution in [2.75, 3.05) is 26.6 Å². The van der Waals surface area contributed by atoms with Crippen LogP contribution in [-0.2, 0) is 4.79 Å². The minimum Gasteiger partial charge on any atom is -0.495 e. The van der Waals surface area contributed by atoms with Gasteiger partial charge in [0.25, 0.3) is 0 Å². The van der Waals surface area contributed by atoms with E-state index in [1.807, 2.05) is 0 Å². The lowest BCUT2D eigenvalue weighted by molar-refractivity contribution is -0.117. The molecule has 1 aromatic carbocycles. The summed E-state index contributed by atoms with van der Waals surface area (Å²) >= 11 is 6.01. The summed E-state index contributed by atoms with van der Waals surface area (Å²) in [4.78, 5) is 11.8. The molecule has 0 saturated carbocycles. The highest BCUT2D eigenvalue weighted by atomic mass is 35.5. The summed E-state index contributed by atoms with van der Waals surface area (Å²) in [6.45, 7) is 1.76. The van der Waals surface area contributed by atoms with E-state index in [1.54, 1.807) is 26.1 Å². The number of likely N-dealkylation sites (N-methyl/N-ethyl adjacent to an activating group) is 1. The molecule has 0 fully saturated rings. The smallest absolute Gasteiger partial charge is 0.241 e. The quantitative estimate of drug-likeness (QED) is 0.860. The first-order chi connectivity index (χ1) is 8.53. The van der Waals surface area contributed by atoms with Crippen LogP contribution in [0.25, 0.3) is 0 Å². The number of nitrogens with one attached hydrogen (secondary N) is 2. The number of methoxy groups -OCH3 is 2. The second kappa shape index (κ2) is 6.47. The number of anilines is 1. The van der Waals surface area contributed by atoms with Crippen LogP contribution in [0.4, 0.5) is 5.69 Å². The topological polar surface area (TPSA) is 59.6 Å². The molecule has 0 aliphatic rings. The zero-order valence-corrected chi connectivity index (χ0v) is 11.6. The van der Waals surface area contributed by atoms with Crippen LogP contribution in [0.3, 0.4) is 0 Å². The van der Waals surface area contributed by atoms with Gasteiger partial charge in [-0.2, -0.15) is 0 Å². The maximum Gasteiger partial charge on any atom is 0.241 e. The standard InChI is InChI=1S/C12H17ClN2O3/c1-7(14-2)12(16)15-9-5-8(13)10(17-3)6-11(9)18-4/h5-7,14H,1-4H3,(H,15,16). The highest BCUT2D eigenvalue weighted by Crippen LogP contribution is 2.35. The lowest BCUT2D eigenvalue weighted by Crippen LogP contribution is -2.35. The van der Waals surface area contributed by atoms with Gasteiger partial charge in [-0.3, -0.25) is 4.79 Å². The van der Waals surface area contributed by atoms with Crippen LogP contribution in [-0.4, -0.2) is 33.2 Å². The van der Waals surface area contributed by atoms with Crippen LogP contribution in [0.1, 0.15) is 6.92 Å². The van der Waals surface area contributed by atoms with Gasteiger partial charge in [-0.15, -0.1) is 0 Å². The summed E-state index contributed by atoms with van der Waals surface area (Å²) in [5.41, 5.74) is 0.510. The van der Waals surface area contributed by atoms with Crippen LogP contribution in [0, 0.1) is 0 Å². The average Bonchev–Trinajstić information content (AvgIpc) is 2.38. The molecular weight excluding hydrogens is 256 g/mol. The molecule has 100 valence electrons. The van der Waals surface area contributed by atoms with Crippen molar-refractivity contribution in [3.63, 3.8) is 0 Å². The van der Waals surface area contributed by atoms with Crippen molar-refractivity contribution >= 4 is 23.2 Å². The number of halogens is 1. The molecule has 0 saturated heterocycles. The first-order valence-corrected chi connectivity index (χ1v) is 5.81. The Labute approximate surface area is 111 Å². The van der Waals surface area contributed by atoms with E-state index in [0.717, 1.165) is 0 Å². The molecule has 0 aliphatic heterocycles. The van der Waals surface area contributed by atoms with Crippen LogP contribution in [0.15, 0.2) is 12.1 Å². The SMILES string of the molecule is CNC(C)C(=O)Nc1cc(Cl)c(OC)cc1OC. The van der Waals surface area contributed by atoms with E-state index in [9.17, 15) is 4.79 Å². The number of carbonyl (C=O) groups excluding carboxylic acids is 1. The summed E-state index contributed by atoms with van der Waals surface area (Å²) in [5.74, 6) is 0.818. The number of carbonyl (C=O) groups is 1. The number of ether oxygens (including phenoxy) is 2. The Balaban J connectivity index is 3.01. The van der Waals surface area contributed by atoms with Crippen molar-refractivity contribution in [2.45, 2.75) is 13.0 Å². The summed E-state index contributed by atoms with van der Waals surface area (Å²) in [6.07, 6.45) is 0. The van der Waals surface area contributed by atoms with Crippen molar-refractivity contribution in [2.24, 2.45) is 0 Å². The van der Waals surface area contributed by atoms with Crippen LogP contribution in [0.2, 0.25) is 5.02 Å². The van der Waals surface area contributed by atoms with Crippen molar-refractivity contribution in [3.8, 4) is 11.5 Å². The summed E-state index contributed by atoms with van der Waals surface area (Å²) in [6, 6.07) is 2.91. The number of amides is 1. The largest absolute Gasteiger partial charge is 0.495 e. The number of benzene rings is 1. The Hall–Kier alpha value is -1.46. The number of rotatable bonds is 5. The second-order valence-corrected chi connectivity index (χ2v) is 4.09. The number of hydrogen-bond acceptors (Lipinski definition) is 4. The second-order valence-electron chi connectivity index (χ2n) is 3.69. The lowest BCUT2D eigenvalue weighted by Gasteiger charge is -2.15. The van der Waals surface area contributed by atoms with E-state index in [4.69, 9.17) is 21.1 Å². The lowest BCUT2D eigenvalue weighted by atomic mass is 10.2. The third-order valence-electron chi connectivity index (χ3n) is 2.56. The number of hydrogen-bond donors (Lipinski definition) is 2. The fraction of sp³-hybridized carbons (Fsp3) is 0.417. The Morgan fingerprint density at radius 1 is 1.28 bits per heavy atom. The van der Waals surface area contributed by atoms with Gasteiger partial charge in [0.2, 0.25) is 5.91 Å². The van der Waals surface area contributed by atoms with Gasteiger partial charge in [0.05, 0.1) is 31.0 Å². The van der Waals surface area contributed by atoms with Gasteiger partial charge < -0.3 is 20.1 Å². The molecule has 1 amide bonds. The molecule has 1 atom stereocenters. The highest BCUT2D eigenvalue weighted by Gasteiger charge is 2.15. The van der Waals surface area contributed by atoms with Gasteiger partial charge >= 0.3 is 0 Å². The first kappa shape index (κ1) is 14.6. The fourth-order valence-corrected chi connectivity index (χ4v) is 1.57. The molecule has 6 heteroatoms. The molecule has 18 heavy (non-hydrogen) atoms. The van der Waals surface area contributed by atoms with Gasteiger partial charge in [0.1, 0.15) is 11.5 Å². The Kier molecular flexibility index (Phi) is 5.25. The van der Waals surface area contributed by atoms with Crippen molar-refractivity contribution in [1.29, 1.82) is 0 Å². The highest BCUT2D eigenvalue weighted by molar-refractivity contribution is 6.32. The average molecular weight is 273 g/mol. The molecule has 0 radical (unpaired) electrons. The Morgan fingerprint density at radius 2 is 1.89 bits per heavy atom. The zero-order chi connectivity index (χ0) is 13.7.